The van der Waals surface area contributed by atoms with Crippen LogP contribution in [0.2, 0.25) is 5.02 Å². The second-order valence-electron chi connectivity index (χ2n) is 4.88. The zero-order valence-electron chi connectivity index (χ0n) is 12.2. The van der Waals surface area contributed by atoms with Gasteiger partial charge in [-0.2, -0.15) is 5.10 Å². The van der Waals surface area contributed by atoms with Crippen molar-refractivity contribution >= 4 is 11.6 Å². The third-order valence-electron chi connectivity index (χ3n) is 3.29. The molecule has 2 aromatic rings. The van der Waals surface area contributed by atoms with Gasteiger partial charge in [-0.05, 0) is 32.5 Å². The van der Waals surface area contributed by atoms with Crippen molar-refractivity contribution in [2.24, 2.45) is 0 Å². The first kappa shape index (κ1) is 14.9. The molecule has 108 valence electrons. The average molecular weight is 294 g/mol. The maximum atomic E-state index is 6.33. The van der Waals surface area contributed by atoms with E-state index in [0.29, 0.717) is 0 Å². The minimum atomic E-state index is -0.0662. The fourth-order valence-corrected chi connectivity index (χ4v) is 2.59. The first-order chi connectivity index (χ1) is 9.60. The van der Waals surface area contributed by atoms with Crippen LogP contribution >= 0.6 is 11.6 Å². The minimum absolute atomic E-state index is 0.0662. The molecule has 2 rings (SSSR count). The first-order valence-corrected chi connectivity index (χ1v) is 7.01. The molecule has 0 spiro atoms. The summed E-state index contributed by atoms with van der Waals surface area (Å²) in [6.07, 6.45) is 1.75. The van der Waals surface area contributed by atoms with Crippen molar-refractivity contribution in [1.29, 1.82) is 0 Å². The fourth-order valence-electron chi connectivity index (χ4n) is 2.35. The molecule has 0 aliphatic heterocycles. The Morgan fingerprint density at radius 1 is 1.30 bits per heavy atom. The third kappa shape index (κ3) is 2.67. The van der Waals surface area contributed by atoms with Gasteiger partial charge in [0.05, 0.1) is 19.3 Å². The van der Waals surface area contributed by atoms with E-state index in [0.717, 1.165) is 22.0 Å². The number of aromatic nitrogens is 2. The molecule has 0 saturated carbocycles. The summed E-state index contributed by atoms with van der Waals surface area (Å²) in [7, 11) is 3.57. The summed E-state index contributed by atoms with van der Waals surface area (Å²) in [6.45, 7) is 4.19. The topological polar surface area (TPSA) is 39.1 Å². The van der Waals surface area contributed by atoms with E-state index in [9.17, 15) is 0 Å². The Kier molecular flexibility index (Phi) is 4.68. The summed E-state index contributed by atoms with van der Waals surface area (Å²) in [6, 6.07) is 7.99. The molecule has 1 unspecified atom stereocenters. The van der Waals surface area contributed by atoms with E-state index >= 15 is 0 Å². The summed E-state index contributed by atoms with van der Waals surface area (Å²) >= 11 is 6.33. The highest BCUT2D eigenvalue weighted by Gasteiger charge is 2.24. The van der Waals surface area contributed by atoms with Crippen molar-refractivity contribution in [2.75, 3.05) is 14.2 Å². The number of methoxy groups -OCH3 is 1. The van der Waals surface area contributed by atoms with Crippen molar-refractivity contribution in [3.8, 4) is 5.75 Å². The summed E-state index contributed by atoms with van der Waals surface area (Å²) in [5, 5.41) is 8.45. The number of benzene rings is 1. The normalized spacial score (nSPS) is 12.7. The van der Waals surface area contributed by atoms with Gasteiger partial charge in [0, 0.05) is 11.1 Å². The predicted molar refractivity (Wildman–Crippen MR) is 81.5 cm³/mol. The lowest BCUT2D eigenvalue weighted by molar-refractivity contribution is 0.396. The quantitative estimate of drug-likeness (QED) is 0.918. The highest BCUT2D eigenvalue weighted by atomic mass is 35.5. The number of hydrogen-bond donors (Lipinski definition) is 1. The molecular weight excluding hydrogens is 274 g/mol. The van der Waals surface area contributed by atoms with Crippen molar-refractivity contribution in [1.82, 2.24) is 15.1 Å². The van der Waals surface area contributed by atoms with E-state index in [1.54, 1.807) is 13.3 Å². The maximum Gasteiger partial charge on any atom is 0.161 e. The van der Waals surface area contributed by atoms with Gasteiger partial charge in [-0.3, -0.25) is 4.68 Å². The zero-order chi connectivity index (χ0) is 14.7. The van der Waals surface area contributed by atoms with Crippen LogP contribution < -0.4 is 10.1 Å². The SMILES string of the molecule is CNC(c1ccccc1Cl)c1c(OC)cnn1C(C)C. The first-order valence-electron chi connectivity index (χ1n) is 6.63. The van der Waals surface area contributed by atoms with Gasteiger partial charge in [0.25, 0.3) is 0 Å². The second kappa shape index (κ2) is 6.29. The van der Waals surface area contributed by atoms with Gasteiger partial charge in [-0.1, -0.05) is 29.8 Å². The van der Waals surface area contributed by atoms with Gasteiger partial charge in [0.15, 0.2) is 5.75 Å². The fraction of sp³-hybridized carbons (Fsp3) is 0.400. The average Bonchev–Trinajstić information content (AvgIpc) is 2.86. The molecule has 0 saturated heterocycles. The van der Waals surface area contributed by atoms with E-state index in [2.05, 4.69) is 24.3 Å². The molecule has 0 aliphatic carbocycles. The van der Waals surface area contributed by atoms with E-state index in [1.165, 1.54) is 0 Å². The minimum Gasteiger partial charge on any atom is -0.493 e. The van der Waals surface area contributed by atoms with Crippen molar-refractivity contribution in [2.45, 2.75) is 25.9 Å². The number of ether oxygens (including phenoxy) is 1. The van der Waals surface area contributed by atoms with Crippen LogP contribution in [0.15, 0.2) is 30.5 Å². The molecule has 1 aromatic heterocycles. The Labute approximate surface area is 124 Å². The number of rotatable bonds is 5. The Morgan fingerprint density at radius 2 is 2.00 bits per heavy atom. The van der Waals surface area contributed by atoms with Gasteiger partial charge < -0.3 is 10.1 Å². The molecule has 0 radical (unpaired) electrons. The molecular formula is C15H20ClN3O. The third-order valence-corrected chi connectivity index (χ3v) is 3.63. The lowest BCUT2D eigenvalue weighted by atomic mass is 10.0. The van der Waals surface area contributed by atoms with Crippen LogP contribution in [0.25, 0.3) is 0 Å². The highest BCUT2D eigenvalue weighted by molar-refractivity contribution is 6.31. The van der Waals surface area contributed by atoms with E-state index in [1.807, 2.05) is 36.0 Å². The van der Waals surface area contributed by atoms with Crippen LogP contribution in [-0.2, 0) is 0 Å². The monoisotopic (exact) mass is 293 g/mol. The van der Waals surface area contributed by atoms with Crippen LogP contribution in [0, 0.1) is 0 Å². The smallest absolute Gasteiger partial charge is 0.161 e. The largest absolute Gasteiger partial charge is 0.493 e. The molecule has 0 bridgehead atoms. The maximum absolute atomic E-state index is 6.33. The second-order valence-corrected chi connectivity index (χ2v) is 5.29. The van der Waals surface area contributed by atoms with Crippen molar-refractivity contribution in [3.63, 3.8) is 0 Å². The number of nitrogens with one attached hydrogen (secondary N) is 1. The van der Waals surface area contributed by atoms with E-state index in [4.69, 9.17) is 16.3 Å². The van der Waals surface area contributed by atoms with Gasteiger partial charge in [-0.15, -0.1) is 0 Å². The highest BCUT2D eigenvalue weighted by Crippen LogP contribution is 2.34. The van der Waals surface area contributed by atoms with Gasteiger partial charge in [0.1, 0.15) is 5.69 Å². The lowest BCUT2D eigenvalue weighted by Crippen LogP contribution is -2.23. The Morgan fingerprint density at radius 3 is 2.55 bits per heavy atom. The van der Waals surface area contributed by atoms with Crippen molar-refractivity contribution in [3.05, 3.63) is 46.7 Å². The van der Waals surface area contributed by atoms with Crippen LogP contribution in [-0.4, -0.2) is 23.9 Å². The molecule has 1 atom stereocenters. The molecule has 4 nitrogen and oxygen atoms in total. The number of halogens is 1. The summed E-state index contributed by atoms with van der Waals surface area (Å²) < 4.78 is 7.42. The lowest BCUT2D eigenvalue weighted by Gasteiger charge is -2.22. The molecule has 1 aromatic carbocycles. The summed E-state index contributed by atoms with van der Waals surface area (Å²) in [4.78, 5) is 0. The molecule has 0 amide bonds. The van der Waals surface area contributed by atoms with Gasteiger partial charge >= 0.3 is 0 Å². The summed E-state index contributed by atoms with van der Waals surface area (Å²) in [5.74, 6) is 0.762. The van der Waals surface area contributed by atoms with Crippen LogP contribution in [0.1, 0.15) is 37.2 Å². The van der Waals surface area contributed by atoms with Gasteiger partial charge in [-0.25, -0.2) is 0 Å². The molecule has 0 aliphatic rings. The number of nitrogens with zero attached hydrogens (tertiary/aromatic N) is 2. The molecule has 1 N–H and O–H groups in total. The Balaban J connectivity index is 2.57. The molecule has 0 fully saturated rings. The standard InChI is InChI=1S/C15H20ClN3O/c1-10(2)19-15(13(20-4)9-18-19)14(17-3)11-7-5-6-8-12(11)16/h5-10,14,17H,1-4H3. The van der Waals surface area contributed by atoms with E-state index < -0.39 is 0 Å². The number of hydrogen-bond acceptors (Lipinski definition) is 3. The molecule has 5 heteroatoms. The predicted octanol–water partition coefficient (Wildman–Crippen LogP) is 3.43. The van der Waals surface area contributed by atoms with Gasteiger partial charge in [0.2, 0.25) is 0 Å². The molecule has 20 heavy (non-hydrogen) atoms. The van der Waals surface area contributed by atoms with Crippen LogP contribution in [0.5, 0.6) is 5.75 Å². The Bertz CT molecular complexity index is 580. The molecule has 1 heterocycles. The van der Waals surface area contributed by atoms with Crippen LogP contribution in [0.3, 0.4) is 0 Å². The van der Waals surface area contributed by atoms with E-state index in [-0.39, 0.29) is 12.1 Å². The summed E-state index contributed by atoms with van der Waals surface area (Å²) in [5.41, 5.74) is 2.00. The van der Waals surface area contributed by atoms with Crippen molar-refractivity contribution < 1.29 is 4.74 Å². The van der Waals surface area contributed by atoms with Crippen LogP contribution in [0.4, 0.5) is 0 Å². The zero-order valence-corrected chi connectivity index (χ0v) is 13.0. The Hall–Kier alpha value is -1.52.